The molecule has 23 heavy (non-hydrogen) atoms. The van der Waals surface area contributed by atoms with Gasteiger partial charge in [0.1, 0.15) is 16.5 Å². The van der Waals surface area contributed by atoms with Gasteiger partial charge < -0.3 is 9.64 Å². The highest BCUT2D eigenvalue weighted by Gasteiger charge is 2.26. The molecular weight excluding hydrogens is 306 g/mol. The van der Waals surface area contributed by atoms with Crippen LogP contribution in [0.2, 0.25) is 0 Å². The number of hydrogen-bond acceptors (Lipinski definition) is 5. The number of thiophene rings is 1. The number of nitrogens with zero attached hydrogens (tertiary/aromatic N) is 3. The van der Waals surface area contributed by atoms with Crippen molar-refractivity contribution in [2.45, 2.75) is 46.0 Å². The Bertz CT molecular complexity index is 719. The lowest BCUT2D eigenvalue weighted by Gasteiger charge is -2.29. The first kappa shape index (κ1) is 15.3. The van der Waals surface area contributed by atoms with Crippen molar-refractivity contribution in [3.63, 3.8) is 0 Å². The Morgan fingerprint density at radius 3 is 2.74 bits per heavy atom. The number of ether oxygens (including phenoxy) is 1. The van der Waals surface area contributed by atoms with Gasteiger partial charge in [-0.3, -0.25) is 0 Å². The average Bonchev–Trinajstić information content (AvgIpc) is 2.91. The minimum absolute atomic E-state index is 0.359. The van der Waals surface area contributed by atoms with Crippen LogP contribution >= 0.6 is 11.3 Å². The fourth-order valence-corrected chi connectivity index (χ4v) is 4.99. The monoisotopic (exact) mass is 331 g/mol. The maximum atomic E-state index is 5.54. The topological polar surface area (TPSA) is 38.2 Å². The van der Waals surface area contributed by atoms with Crippen molar-refractivity contribution in [1.29, 1.82) is 0 Å². The molecule has 1 aliphatic heterocycles. The molecule has 0 spiro atoms. The maximum Gasteiger partial charge on any atom is 0.141 e. The van der Waals surface area contributed by atoms with E-state index in [1.54, 1.807) is 4.88 Å². The van der Waals surface area contributed by atoms with E-state index in [4.69, 9.17) is 14.7 Å². The second-order valence-electron chi connectivity index (χ2n) is 7.19. The average molecular weight is 331 g/mol. The molecule has 0 bridgehead atoms. The Labute approximate surface area is 141 Å². The summed E-state index contributed by atoms with van der Waals surface area (Å²) in [5.74, 6) is 3.29. The van der Waals surface area contributed by atoms with Crippen molar-refractivity contribution in [3.05, 3.63) is 16.3 Å². The maximum absolute atomic E-state index is 5.54. The largest absolute Gasteiger partial charge is 0.378 e. The summed E-state index contributed by atoms with van der Waals surface area (Å²) < 4.78 is 5.54. The molecule has 0 radical (unpaired) electrons. The number of aromatic nitrogens is 2. The molecule has 1 fully saturated rings. The molecule has 124 valence electrons. The van der Waals surface area contributed by atoms with Gasteiger partial charge in [0, 0.05) is 23.9 Å². The lowest BCUT2D eigenvalue weighted by atomic mass is 9.89. The van der Waals surface area contributed by atoms with Crippen molar-refractivity contribution >= 4 is 27.4 Å². The Morgan fingerprint density at radius 2 is 2.00 bits per heavy atom. The Morgan fingerprint density at radius 1 is 1.22 bits per heavy atom. The number of aryl methyl sites for hydroxylation is 1. The van der Waals surface area contributed by atoms with Crippen LogP contribution in [-0.4, -0.2) is 36.3 Å². The smallest absolute Gasteiger partial charge is 0.141 e. The van der Waals surface area contributed by atoms with Crippen LogP contribution in [0.15, 0.2) is 0 Å². The summed E-state index contributed by atoms with van der Waals surface area (Å²) in [6.07, 6.45) is 3.67. The zero-order chi connectivity index (χ0) is 16.0. The lowest BCUT2D eigenvalue weighted by Crippen LogP contribution is -2.37. The third-order valence-corrected chi connectivity index (χ3v) is 6.13. The van der Waals surface area contributed by atoms with Crippen LogP contribution in [0.1, 0.15) is 49.4 Å². The molecule has 1 saturated heterocycles. The van der Waals surface area contributed by atoms with Crippen molar-refractivity contribution in [2.24, 2.45) is 5.92 Å². The van der Waals surface area contributed by atoms with Crippen LogP contribution in [0.25, 0.3) is 10.2 Å². The van der Waals surface area contributed by atoms with E-state index in [9.17, 15) is 0 Å². The molecule has 2 aliphatic rings. The van der Waals surface area contributed by atoms with E-state index in [0.29, 0.717) is 5.92 Å². The Hall–Kier alpha value is -1.20. The number of anilines is 1. The van der Waals surface area contributed by atoms with E-state index in [1.165, 1.54) is 35.0 Å². The van der Waals surface area contributed by atoms with E-state index < -0.39 is 0 Å². The molecule has 3 heterocycles. The zero-order valence-corrected chi connectivity index (χ0v) is 15.1. The van der Waals surface area contributed by atoms with Gasteiger partial charge in [0.25, 0.3) is 0 Å². The predicted molar refractivity (Wildman–Crippen MR) is 95.7 cm³/mol. The Kier molecular flexibility index (Phi) is 4.01. The fourth-order valence-electron chi connectivity index (χ4n) is 3.60. The van der Waals surface area contributed by atoms with Crippen LogP contribution in [-0.2, 0) is 17.6 Å². The van der Waals surface area contributed by atoms with E-state index in [-0.39, 0.29) is 0 Å². The molecule has 2 aromatic heterocycles. The van der Waals surface area contributed by atoms with Gasteiger partial charge in [0.2, 0.25) is 0 Å². The molecule has 1 unspecified atom stereocenters. The van der Waals surface area contributed by atoms with Crippen molar-refractivity contribution < 1.29 is 4.74 Å². The van der Waals surface area contributed by atoms with Crippen LogP contribution in [0.4, 0.5) is 5.82 Å². The number of hydrogen-bond donors (Lipinski definition) is 0. The third-order valence-electron chi connectivity index (χ3n) is 4.98. The van der Waals surface area contributed by atoms with E-state index >= 15 is 0 Å². The number of fused-ring (bicyclic) bond motifs is 3. The van der Waals surface area contributed by atoms with Gasteiger partial charge in [-0.2, -0.15) is 0 Å². The van der Waals surface area contributed by atoms with Gasteiger partial charge >= 0.3 is 0 Å². The minimum Gasteiger partial charge on any atom is -0.378 e. The molecule has 1 aliphatic carbocycles. The first-order valence-corrected chi connectivity index (χ1v) is 9.60. The van der Waals surface area contributed by atoms with E-state index in [2.05, 4.69) is 25.7 Å². The Balaban J connectivity index is 1.90. The van der Waals surface area contributed by atoms with E-state index in [0.717, 1.165) is 43.9 Å². The molecule has 4 rings (SSSR count). The van der Waals surface area contributed by atoms with Gasteiger partial charge in [0.05, 0.1) is 18.6 Å². The highest BCUT2D eigenvalue weighted by molar-refractivity contribution is 7.19. The quantitative estimate of drug-likeness (QED) is 0.839. The van der Waals surface area contributed by atoms with Gasteiger partial charge in [-0.25, -0.2) is 9.97 Å². The molecule has 0 aromatic carbocycles. The van der Waals surface area contributed by atoms with E-state index in [1.807, 2.05) is 11.3 Å². The number of morpholine rings is 1. The van der Waals surface area contributed by atoms with Gasteiger partial charge in [-0.05, 0) is 30.7 Å². The normalized spacial score (nSPS) is 21.9. The second kappa shape index (κ2) is 6.02. The van der Waals surface area contributed by atoms with Gasteiger partial charge in [-0.15, -0.1) is 11.3 Å². The summed E-state index contributed by atoms with van der Waals surface area (Å²) in [4.78, 5) is 15.0. The molecule has 0 amide bonds. The van der Waals surface area contributed by atoms with Crippen molar-refractivity contribution in [3.8, 4) is 0 Å². The molecule has 2 aromatic rings. The van der Waals surface area contributed by atoms with Crippen molar-refractivity contribution in [2.75, 3.05) is 31.2 Å². The highest BCUT2D eigenvalue weighted by Crippen LogP contribution is 2.41. The van der Waals surface area contributed by atoms with Gasteiger partial charge in [-0.1, -0.05) is 20.8 Å². The summed E-state index contributed by atoms with van der Waals surface area (Å²) >= 11 is 1.90. The highest BCUT2D eigenvalue weighted by atomic mass is 32.1. The molecule has 5 heteroatoms. The second-order valence-corrected chi connectivity index (χ2v) is 8.28. The summed E-state index contributed by atoms with van der Waals surface area (Å²) in [7, 11) is 0. The molecular formula is C18H25N3OS. The lowest BCUT2D eigenvalue weighted by molar-refractivity contribution is 0.122. The molecule has 0 saturated carbocycles. The van der Waals surface area contributed by atoms with Crippen molar-refractivity contribution in [1.82, 2.24) is 9.97 Å². The predicted octanol–water partition coefficient (Wildman–Crippen LogP) is 3.78. The van der Waals surface area contributed by atoms with Crippen LogP contribution in [0.3, 0.4) is 0 Å². The van der Waals surface area contributed by atoms with Crippen LogP contribution < -0.4 is 4.90 Å². The minimum atomic E-state index is 0.359. The zero-order valence-electron chi connectivity index (χ0n) is 14.3. The molecule has 4 nitrogen and oxygen atoms in total. The molecule has 0 N–H and O–H groups in total. The molecule has 1 atom stereocenters. The summed E-state index contributed by atoms with van der Waals surface area (Å²) in [6, 6.07) is 0. The van der Waals surface area contributed by atoms with Gasteiger partial charge in [0.15, 0.2) is 0 Å². The fraction of sp³-hybridized carbons (Fsp3) is 0.667. The first-order valence-electron chi connectivity index (χ1n) is 8.78. The van der Waals surface area contributed by atoms with Crippen LogP contribution in [0.5, 0.6) is 0 Å². The number of rotatable bonds is 2. The standard InChI is InChI=1S/C18H25N3OS/c1-11(2)16-19-17(21-6-8-22-9-7-21)15-13-5-4-12(3)10-14(13)23-18(15)20-16/h11-12H,4-10H2,1-3H3. The summed E-state index contributed by atoms with van der Waals surface area (Å²) in [5.41, 5.74) is 1.53. The van der Waals surface area contributed by atoms with Crippen LogP contribution in [0, 0.1) is 5.92 Å². The third kappa shape index (κ3) is 2.74. The summed E-state index contributed by atoms with van der Waals surface area (Å²) in [5, 5.41) is 1.34. The summed E-state index contributed by atoms with van der Waals surface area (Å²) in [6.45, 7) is 10.2. The first-order chi connectivity index (χ1) is 11.1. The SMILES string of the molecule is CC1CCc2c(sc3nc(C(C)C)nc(N4CCOCC4)c23)C1.